The summed E-state index contributed by atoms with van der Waals surface area (Å²) in [5.41, 5.74) is 10.1. The van der Waals surface area contributed by atoms with Gasteiger partial charge in [0.05, 0.1) is 5.92 Å². The maximum absolute atomic E-state index is 11.1. The van der Waals surface area contributed by atoms with E-state index in [1.807, 2.05) is 19.2 Å². The lowest BCUT2D eigenvalue weighted by molar-refractivity contribution is -0.124. The van der Waals surface area contributed by atoms with Crippen molar-refractivity contribution < 1.29 is 9.59 Å². The molecule has 5 heteroatoms. The molecule has 0 bridgehead atoms. The number of urea groups is 1. The number of amides is 3. The van der Waals surface area contributed by atoms with Crippen LogP contribution in [0.3, 0.4) is 0 Å². The van der Waals surface area contributed by atoms with Crippen LogP contribution >= 0.6 is 0 Å². The fourth-order valence-electron chi connectivity index (χ4n) is 0.896. The van der Waals surface area contributed by atoms with Crippen molar-refractivity contribution in [1.29, 1.82) is 0 Å². The molecule has 0 saturated carbocycles. The van der Waals surface area contributed by atoms with E-state index in [-0.39, 0.29) is 18.4 Å². The minimum absolute atomic E-state index is 0.106. The Labute approximate surface area is 71.5 Å². The second kappa shape index (κ2) is 4.71. The van der Waals surface area contributed by atoms with Crippen LogP contribution in [0.4, 0.5) is 4.79 Å². The van der Waals surface area contributed by atoms with Crippen LogP contribution in [0.1, 0.15) is 13.8 Å². The summed E-state index contributed by atoms with van der Waals surface area (Å²) >= 11 is 0. The van der Waals surface area contributed by atoms with Crippen molar-refractivity contribution in [3.63, 3.8) is 0 Å². The topological polar surface area (TPSA) is 98.2 Å². The molecule has 70 valence electrons. The monoisotopic (exact) mass is 173 g/mol. The zero-order valence-corrected chi connectivity index (χ0v) is 7.33. The Bertz CT molecular complexity index is 179. The van der Waals surface area contributed by atoms with Crippen molar-refractivity contribution in [2.75, 3.05) is 6.54 Å². The molecule has 0 rings (SSSR count). The molecular formula is C7H15N3O2. The Kier molecular flexibility index (Phi) is 4.28. The number of primary amides is 1. The smallest absolute Gasteiger partial charge is 0.318 e. The first-order valence-corrected chi connectivity index (χ1v) is 3.79. The van der Waals surface area contributed by atoms with E-state index in [1.54, 1.807) is 0 Å². The number of rotatable bonds is 3. The van der Waals surface area contributed by atoms with Gasteiger partial charge >= 0.3 is 6.03 Å². The third-order valence-corrected chi connectivity index (χ3v) is 1.64. The van der Waals surface area contributed by atoms with E-state index >= 15 is 0 Å². The van der Waals surface area contributed by atoms with Gasteiger partial charge in [-0.05, 0) is 5.92 Å². The summed E-state index contributed by atoms with van der Waals surface area (Å²) in [6.07, 6.45) is 0. The third-order valence-electron chi connectivity index (χ3n) is 1.64. The van der Waals surface area contributed by atoms with Crippen LogP contribution < -0.4 is 16.8 Å². The standard InChI is InChI=1S/C7H15N3O2/c1-4(2)5(3-8)6(11)10-7(9)12/h4-5H,3,8H2,1-2H3,(H3,9,10,11,12). The Balaban J connectivity index is 4.12. The van der Waals surface area contributed by atoms with E-state index in [9.17, 15) is 9.59 Å². The quantitative estimate of drug-likeness (QED) is 0.532. The van der Waals surface area contributed by atoms with Crippen molar-refractivity contribution in [1.82, 2.24) is 5.32 Å². The van der Waals surface area contributed by atoms with E-state index in [4.69, 9.17) is 11.5 Å². The summed E-state index contributed by atoms with van der Waals surface area (Å²) in [6.45, 7) is 3.94. The van der Waals surface area contributed by atoms with Gasteiger partial charge in [0, 0.05) is 6.54 Å². The van der Waals surface area contributed by atoms with Gasteiger partial charge in [0.1, 0.15) is 0 Å². The van der Waals surface area contributed by atoms with Gasteiger partial charge in [0.2, 0.25) is 5.91 Å². The maximum Gasteiger partial charge on any atom is 0.318 e. The molecule has 0 fully saturated rings. The molecule has 5 nitrogen and oxygen atoms in total. The highest BCUT2D eigenvalue weighted by Crippen LogP contribution is 2.08. The Morgan fingerprint density at radius 1 is 1.42 bits per heavy atom. The summed E-state index contributed by atoms with van der Waals surface area (Å²) in [7, 11) is 0. The first kappa shape index (κ1) is 10.9. The fourth-order valence-corrected chi connectivity index (χ4v) is 0.896. The molecule has 1 unspecified atom stereocenters. The van der Waals surface area contributed by atoms with Crippen LogP contribution in [0, 0.1) is 11.8 Å². The van der Waals surface area contributed by atoms with Crippen LogP contribution in [0.15, 0.2) is 0 Å². The van der Waals surface area contributed by atoms with Crippen LogP contribution in [0.5, 0.6) is 0 Å². The van der Waals surface area contributed by atoms with Gasteiger partial charge in [-0.2, -0.15) is 0 Å². The summed E-state index contributed by atoms with van der Waals surface area (Å²) in [5, 5.41) is 2.00. The van der Waals surface area contributed by atoms with Crippen molar-refractivity contribution in [2.24, 2.45) is 23.3 Å². The summed E-state index contributed by atoms with van der Waals surface area (Å²) in [6, 6.07) is -0.834. The first-order valence-electron chi connectivity index (χ1n) is 3.79. The number of nitrogens with one attached hydrogen (secondary N) is 1. The minimum Gasteiger partial charge on any atom is -0.351 e. The molecule has 0 aromatic rings. The van der Waals surface area contributed by atoms with Gasteiger partial charge in [-0.3, -0.25) is 10.1 Å². The van der Waals surface area contributed by atoms with Gasteiger partial charge in [0.25, 0.3) is 0 Å². The lowest BCUT2D eigenvalue weighted by Gasteiger charge is -2.16. The molecule has 0 saturated heterocycles. The second-order valence-electron chi connectivity index (χ2n) is 2.94. The predicted octanol–water partition coefficient (Wildman–Crippen LogP) is -0.588. The molecule has 3 amide bonds. The summed E-state index contributed by atoms with van der Waals surface area (Å²) in [4.78, 5) is 21.4. The minimum atomic E-state index is -0.834. The molecule has 0 radical (unpaired) electrons. The second-order valence-corrected chi connectivity index (χ2v) is 2.94. The van der Waals surface area contributed by atoms with Crippen LogP contribution in [-0.2, 0) is 4.79 Å². The van der Waals surface area contributed by atoms with Gasteiger partial charge in [-0.15, -0.1) is 0 Å². The van der Waals surface area contributed by atoms with E-state index < -0.39 is 11.9 Å². The molecule has 12 heavy (non-hydrogen) atoms. The normalized spacial score (nSPS) is 12.7. The number of carbonyl (C=O) groups excluding carboxylic acids is 2. The largest absolute Gasteiger partial charge is 0.351 e. The summed E-state index contributed by atoms with van der Waals surface area (Å²) < 4.78 is 0. The molecule has 0 aliphatic heterocycles. The Hall–Kier alpha value is -1.10. The summed E-state index contributed by atoms with van der Waals surface area (Å²) in [5.74, 6) is -0.646. The van der Waals surface area contributed by atoms with E-state index in [1.165, 1.54) is 0 Å². The molecule has 0 aliphatic rings. The zero-order valence-electron chi connectivity index (χ0n) is 7.33. The van der Waals surface area contributed by atoms with Gasteiger partial charge in [0.15, 0.2) is 0 Å². The van der Waals surface area contributed by atoms with Crippen molar-refractivity contribution >= 4 is 11.9 Å². The molecule has 0 heterocycles. The first-order chi connectivity index (χ1) is 5.49. The van der Waals surface area contributed by atoms with E-state index in [0.29, 0.717) is 0 Å². The number of hydrogen-bond acceptors (Lipinski definition) is 3. The van der Waals surface area contributed by atoms with E-state index in [0.717, 1.165) is 0 Å². The van der Waals surface area contributed by atoms with Crippen LogP contribution in [0.25, 0.3) is 0 Å². The van der Waals surface area contributed by atoms with Gasteiger partial charge in [-0.25, -0.2) is 4.79 Å². The predicted molar refractivity (Wildman–Crippen MR) is 45.1 cm³/mol. The molecule has 5 N–H and O–H groups in total. The van der Waals surface area contributed by atoms with Crippen LogP contribution in [-0.4, -0.2) is 18.5 Å². The number of imide groups is 1. The third kappa shape index (κ3) is 3.34. The highest BCUT2D eigenvalue weighted by molar-refractivity contribution is 5.94. The SMILES string of the molecule is CC(C)C(CN)C(=O)NC(N)=O. The van der Waals surface area contributed by atoms with Crippen molar-refractivity contribution in [3.05, 3.63) is 0 Å². The number of nitrogens with two attached hydrogens (primary N) is 2. The lowest BCUT2D eigenvalue weighted by Crippen LogP contribution is -2.43. The fraction of sp³-hybridized carbons (Fsp3) is 0.714. The molecule has 0 aliphatic carbocycles. The zero-order chi connectivity index (χ0) is 9.72. The highest BCUT2D eigenvalue weighted by Gasteiger charge is 2.21. The molecular weight excluding hydrogens is 158 g/mol. The van der Waals surface area contributed by atoms with Crippen molar-refractivity contribution in [2.45, 2.75) is 13.8 Å². The number of hydrogen-bond donors (Lipinski definition) is 3. The average Bonchev–Trinajstić information content (AvgIpc) is 1.85. The molecule has 0 spiro atoms. The average molecular weight is 173 g/mol. The van der Waals surface area contributed by atoms with Crippen LogP contribution in [0.2, 0.25) is 0 Å². The number of carbonyl (C=O) groups is 2. The molecule has 0 aromatic carbocycles. The lowest BCUT2D eigenvalue weighted by atomic mass is 9.95. The van der Waals surface area contributed by atoms with E-state index in [2.05, 4.69) is 0 Å². The highest BCUT2D eigenvalue weighted by atomic mass is 16.2. The molecule has 0 aromatic heterocycles. The Morgan fingerprint density at radius 2 is 1.92 bits per heavy atom. The van der Waals surface area contributed by atoms with Gasteiger partial charge < -0.3 is 11.5 Å². The van der Waals surface area contributed by atoms with Gasteiger partial charge in [-0.1, -0.05) is 13.8 Å². The maximum atomic E-state index is 11.1. The Morgan fingerprint density at radius 3 is 2.17 bits per heavy atom. The van der Waals surface area contributed by atoms with Crippen molar-refractivity contribution in [3.8, 4) is 0 Å². The molecule has 1 atom stereocenters.